The van der Waals surface area contributed by atoms with Crippen LogP contribution in [0.15, 0.2) is 0 Å². The van der Waals surface area contributed by atoms with Crippen LogP contribution in [0, 0.1) is 5.92 Å². The van der Waals surface area contributed by atoms with E-state index in [0.717, 1.165) is 44.0 Å². The van der Waals surface area contributed by atoms with Gasteiger partial charge in [-0.05, 0) is 31.8 Å². The number of likely N-dealkylation sites (tertiary alicyclic amines) is 1. The van der Waals surface area contributed by atoms with Gasteiger partial charge in [0.1, 0.15) is 0 Å². The number of hydrogen-bond donors (Lipinski definition) is 0. The molecule has 0 aromatic heterocycles. The van der Waals surface area contributed by atoms with E-state index in [1.54, 1.807) is 0 Å². The molecule has 2 heterocycles. The van der Waals surface area contributed by atoms with Crippen LogP contribution in [0.1, 0.15) is 19.8 Å². The van der Waals surface area contributed by atoms with Crippen LogP contribution in [-0.4, -0.2) is 67.1 Å². The first-order chi connectivity index (χ1) is 8.31. The molecule has 0 spiro atoms. The van der Waals surface area contributed by atoms with Gasteiger partial charge in [-0.1, -0.05) is 22.9 Å². The number of morpholine rings is 1. The Labute approximate surface area is 114 Å². The zero-order chi connectivity index (χ0) is 12.1. The molecule has 0 N–H and O–H groups in total. The first kappa shape index (κ1) is 13.8. The number of nitrogens with zero attached hydrogens (tertiary/aromatic N) is 2. The van der Waals surface area contributed by atoms with Crippen molar-refractivity contribution in [3.63, 3.8) is 0 Å². The van der Waals surface area contributed by atoms with Crippen molar-refractivity contribution in [2.45, 2.75) is 25.9 Å². The number of likely N-dealkylation sites (N-methyl/N-ethyl adjacent to an activating group) is 1. The smallest absolute Gasteiger partial charge is 0.0829 e. The summed E-state index contributed by atoms with van der Waals surface area (Å²) in [5.41, 5.74) is 0. The van der Waals surface area contributed by atoms with Crippen molar-refractivity contribution in [2.75, 3.05) is 51.2 Å². The van der Waals surface area contributed by atoms with Gasteiger partial charge in [-0.25, -0.2) is 0 Å². The standard InChI is InChI=1S/C13H25BrN2O/c1-2-15-7-8-17-13(10-15)11-16-6-4-12(9-16)3-5-14/h12-13H,2-11H2,1H3. The Kier molecular flexibility index (Phi) is 5.74. The quantitative estimate of drug-likeness (QED) is 0.721. The minimum atomic E-state index is 0.437. The molecule has 0 amide bonds. The summed E-state index contributed by atoms with van der Waals surface area (Å²) in [5, 5.41) is 1.15. The number of halogens is 1. The lowest BCUT2D eigenvalue weighted by molar-refractivity contribution is -0.0395. The second kappa shape index (κ2) is 7.07. The molecule has 0 aromatic rings. The van der Waals surface area contributed by atoms with Gasteiger partial charge < -0.3 is 9.64 Å². The lowest BCUT2D eigenvalue weighted by Crippen LogP contribution is -2.47. The fourth-order valence-electron chi connectivity index (χ4n) is 2.93. The minimum absolute atomic E-state index is 0.437. The highest BCUT2D eigenvalue weighted by atomic mass is 79.9. The van der Waals surface area contributed by atoms with Gasteiger partial charge in [0.15, 0.2) is 0 Å². The molecule has 17 heavy (non-hydrogen) atoms. The molecule has 100 valence electrons. The van der Waals surface area contributed by atoms with E-state index >= 15 is 0 Å². The topological polar surface area (TPSA) is 15.7 Å². The molecule has 2 aliphatic rings. The molecule has 2 fully saturated rings. The van der Waals surface area contributed by atoms with Gasteiger partial charge in [0.25, 0.3) is 0 Å². The Balaban J connectivity index is 1.70. The number of ether oxygens (including phenoxy) is 1. The van der Waals surface area contributed by atoms with Crippen molar-refractivity contribution in [3.8, 4) is 0 Å². The van der Waals surface area contributed by atoms with Crippen LogP contribution < -0.4 is 0 Å². The summed E-state index contributed by atoms with van der Waals surface area (Å²) >= 11 is 3.55. The summed E-state index contributed by atoms with van der Waals surface area (Å²) in [6, 6.07) is 0. The van der Waals surface area contributed by atoms with E-state index in [4.69, 9.17) is 4.74 Å². The Morgan fingerprint density at radius 1 is 1.24 bits per heavy atom. The van der Waals surface area contributed by atoms with Crippen LogP contribution in [0.3, 0.4) is 0 Å². The third kappa shape index (κ3) is 4.19. The highest BCUT2D eigenvalue weighted by Crippen LogP contribution is 2.21. The van der Waals surface area contributed by atoms with Crippen LogP contribution in [0.5, 0.6) is 0 Å². The van der Waals surface area contributed by atoms with Gasteiger partial charge in [-0.3, -0.25) is 4.90 Å². The second-order valence-corrected chi connectivity index (χ2v) is 6.07. The number of alkyl halides is 1. The maximum atomic E-state index is 5.87. The highest BCUT2D eigenvalue weighted by Gasteiger charge is 2.26. The Hall–Kier alpha value is 0.360. The molecule has 0 radical (unpaired) electrons. The van der Waals surface area contributed by atoms with E-state index < -0.39 is 0 Å². The third-order valence-electron chi connectivity index (χ3n) is 4.02. The van der Waals surface area contributed by atoms with Gasteiger partial charge >= 0.3 is 0 Å². The molecule has 2 saturated heterocycles. The van der Waals surface area contributed by atoms with Crippen LogP contribution in [0.4, 0.5) is 0 Å². The van der Waals surface area contributed by atoms with Crippen molar-refractivity contribution >= 4 is 15.9 Å². The van der Waals surface area contributed by atoms with E-state index in [1.807, 2.05) is 0 Å². The number of rotatable bonds is 5. The van der Waals surface area contributed by atoms with Crippen molar-refractivity contribution in [1.82, 2.24) is 9.80 Å². The molecule has 2 aliphatic heterocycles. The molecule has 0 aromatic carbocycles. The van der Waals surface area contributed by atoms with Gasteiger partial charge in [0, 0.05) is 31.5 Å². The number of hydrogen-bond acceptors (Lipinski definition) is 3. The Morgan fingerprint density at radius 2 is 2.12 bits per heavy atom. The summed E-state index contributed by atoms with van der Waals surface area (Å²) in [4.78, 5) is 5.09. The van der Waals surface area contributed by atoms with Gasteiger partial charge in [0.2, 0.25) is 0 Å². The second-order valence-electron chi connectivity index (χ2n) is 5.28. The fourth-order valence-corrected chi connectivity index (χ4v) is 3.58. The summed E-state index contributed by atoms with van der Waals surface area (Å²) < 4.78 is 5.87. The predicted octanol–water partition coefficient (Wildman–Crippen LogP) is 1.81. The molecular weight excluding hydrogens is 280 g/mol. The van der Waals surface area contributed by atoms with E-state index in [0.29, 0.717) is 6.10 Å². The van der Waals surface area contributed by atoms with E-state index in [2.05, 4.69) is 32.7 Å². The maximum Gasteiger partial charge on any atom is 0.0829 e. The lowest BCUT2D eigenvalue weighted by atomic mass is 10.1. The fraction of sp³-hybridized carbons (Fsp3) is 1.00. The molecule has 2 rings (SSSR count). The summed E-state index contributed by atoms with van der Waals surface area (Å²) in [7, 11) is 0. The van der Waals surface area contributed by atoms with Gasteiger partial charge in [-0.2, -0.15) is 0 Å². The molecule has 0 saturated carbocycles. The zero-order valence-corrected chi connectivity index (χ0v) is 12.5. The minimum Gasteiger partial charge on any atom is -0.374 e. The van der Waals surface area contributed by atoms with E-state index in [1.165, 1.54) is 25.9 Å². The summed E-state index contributed by atoms with van der Waals surface area (Å²) in [5.74, 6) is 0.903. The highest BCUT2D eigenvalue weighted by molar-refractivity contribution is 9.09. The van der Waals surface area contributed by atoms with Crippen LogP contribution >= 0.6 is 15.9 Å². The Morgan fingerprint density at radius 3 is 2.88 bits per heavy atom. The Bertz CT molecular complexity index is 227. The van der Waals surface area contributed by atoms with Crippen LogP contribution in [0.25, 0.3) is 0 Å². The van der Waals surface area contributed by atoms with Crippen LogP contribution in [0.2, 0.25) is 0 Å². The van der Waals surface area contributed by atoms with Crippen molar-refractivity contribution < 1.29 is 4.74 Å². The first-order valence-corrected chi connectivity index (χ1v) is 8.06. The average molecular weight is 305 g/mol. The molecule has 3 nitrogen and oxygen atoms in total. The maximum absolute atomic E-state index is 5.87. The predicted molar refractivity (Wildman–Crippen MR) is 74.8 cm³/mol. The van der Waals surface area contributed by atoms with Gasteiger partial charge in [0.05, 0.1) is 12.7 Å². The summed E-state index contributed by atoms with van der Waals surface area (Å²) in [6.45, 7) is 10.2. The zero-order valence-electron chi connectivity index (χ0n) is 10.9. The third-order valence-corrected chi connectivity index (χ3v) is 4.48. The van der Waals surface area contributed by atoms with E-state index in [9.17, 15) is 0 Å². The first-order valence-electron chi connectivity index (χ1n) is 6.94. The SMILES string of the molecule is CCN1CCOC(CN2CCC(CCBr)C2)C1. The van der Waals surface area contributed by atoms with Crippen molar-refractivity contribution in [2.24, 2.45) is 5.92 Å². The lowest BCUT2D eigenvalue weighted by Gasteiger charge is -2.34. The average Bonchev–Trinajstić information content (AvgIpc) is 2.77. The molecule has 2 atom stereocenters. The van der Waals surface area contributed by atoms with Crippen LogP contribution in [-0.2, 0) is 4.74 Å². The summed E-state index contributed by atoms with van der Waals surface area (Å²) in [6.07, 6.45) is 3.13. The molecular formula is C13H25BrN2O. The molecule has 0 aliphatic carbocycles. The normalized spacial score (nSPS) is 32.1. The van der Waals surface area contributed by atoms with Crippen molar-refractivity contribution in [3.05, 3.63) is 0 Å². The monoisotopic (exact) mass is 304 g/mol. The van der Waals surface area contributed by atoms with E-state index in [-0.39, 0.29) is 0 Å². The largest absolute Gasteiger partial charge is 0.374 e. The van der Waals surface area contributed by atoms with Crippen molar-refractivity contribution in [1.29, 1.82) is 0 Å². The molecule has 4 heteroatoms. The molecule has 2 unspecified atom stereocenters. The molecule has 0 bridgehead atoms. The van der Waals surface area contributed by atoms with Gasteiger partial charge in [-0.15, -0.1) is 0 Å².